The molecule has 0 aliphatic heterocycles. The van der Waals surface area contributed by atoms with E-state index >= 15 is 0 Å². The second kappa shape index (κ2) is 48.1. The normalized spacial score (nSPS) is 14.2. The lowest BCUT2D eigenvalue weighted by Crippen LogP contribution is -2.37. The van der Waals surface area contributed by atoms with Gasteiger partial charge in [-0.2, -0.15) is 0 Å². The van der Waals surface area contributed by atoms with Crippen molar-refractivity contribution in [2.75, 3.05) is 54.1 Å². The Morgan fingerprint density at radius 3 is 1.35 bits per heavy atom. The number of hydrogen-bond donors (Lipinski definition) is 0. The molecule has 0 radical (unpaired) electrons. The molecule has 2 unspecified atom stereocenters. The number of ether oxygens (including phenoxy) is 2. The lowest BCUT2D eigenvalue weighted by molar-refractivity contribution is -0.870. The van der Waals surface area contributed by atoms with Gasteiger partial charge >= 0.3 is 5.97 Å². The number of rotatable bonds is 48. The topological polar surface area (TPSA) is 94.1 Å². The van der Waals surface area contributed by atoms with E-state index in [4.69, 9.17) is 18.5 Å². The molecule has 0 aliphatic rings. The Morgan fingerprint density at radius 2 is 0.892 bits per heavy atom. The Labute approximate surface area is 401 Å². The fourth-order valence-electron chi connectivity index (χ4n) is 6.90. The Hall–Kier alpha value is -2.32. The zero-order chi connectivity index (χ0) is 47.6. The number of phosphoric ester groups is 1. The highest BCUT2D eigenvalue weighted by molar-refractivity contribution is 7.45. The van der Waals surface area contributed by atoms with Crippen LogP contribution in [0.5, 0.6) is 0 Å². The summed E-state index contributed by atoms with van der Waals surface area (Å²) in [6.45, 7) is 5.21. The van der Waals surface area contributed by atoms with Crippen LogP contribution in [0.3, 0.4) is 0 Å². The van der Waals surface area contributed by atoms with Gasteiger partial charge in [0.15, 0.2) is 0 Å². The van der Waals surface area contributed by atoms with Gasteiger partial charge in [-0.05, 0) is 89.9 Å². The molecule has 0 N–H and O–H groups in total. The number of unbranched alkanes of at least 4 members (excludes halogenated alkanes) is 20. The maximum absolute atomic E-state index is 12.8. The minimum Gasteiger partial charge on any atom is -0.756 e. The number of hydrogen-bond acceptors (Lipinski definition) is 7. The van der Waals surface area contributed by atoms with Crippen LogP contribution < -0.4 is 4.89 Å². The highest BCUT2D eigenvalue weighted by atomic mass is 31.2. The highest BCUT2D eigenvalue weighted by Crippen LogP contribution is 2.38. The molecule has 0 aromatic rings. The van der Waals surface area contributed by atoms with Gasteiger partial charge in [-0.1, -0.05) is 195 Å². The third-order valence-electron chi connectivity index (χ3n) is 10.9. The summed E-state index contributed by atoms with van der Waals surface area (Å²) >= 11 is 0. The fraction of sp³-hybridized carbons (Fsp3) is 0.732. The summed E-state index contributed by atoms with van der Waals surface area (Å²) in [6.07, 6.45) is 64.7. The van der Waals surface area contributed by atoms with E-state index in [2.05, 4.69) is 98.9 Å². The summed E-state index contributed by atoms with van der Waals surface area (Å²) in [4.78, 5) is 25.2. The van der Waals surface area contributed by atoms with Crippen molar-refractivity contribution in [3.8, 4) is 0 Å². The molecule has 8 nitrogen and oxygen atoms in total. The summed E-state index contributed by atoms with van der Waals surface area (Å²) in [7, 11) is 1.32. The van der Waals surface area contributed by atoms with Crippen LogP contribution in [0.2, 0.25) is 0 Å². The van der Waals surface area contributed by atoms with Crippen molar-refractivity contribution in [3.63, 3.8) is 0 Å². The van der Waals surface area contributed by atoms with Gasteiger partial charge in [-0.25, -0.2) is 0 Å². The number of phosphoric acid groups is 1. The third-order valence-corrected chi connectivity index (χ3v) is 11.9. The summed E-state index contributed by atoms with van der Waals surface area (Å²) in [6, 6.07) is 0. The van der Waals surface area contributed by atoms with Gasteiger partial charge in [0.2, 0.25) is 0 Å². The monoisotopic (exact) mass is 930 g/mol. The molecule has 65 heavy (non-hydrogen) atoms. The van der Waals surface area contributed by atoms with E-state index in [1.807, 2.05) is 21.1 Å². The van der Waals surface area contributed by atoms with Crippen molar-refractivity contribution < 1.29 is 37.3 Å². The Kier molecular flexibility index (Phi) is 46.4. The summed E-state index contributed by atoms with van der Waals surface area (Å²) in [5.74, 6) is -0.350. The largest absolute Gasteiger partial charge is 0.756 e. The summed E-state index contributed by atoms with van der Waals surface area (Å²) in [5.41, 5.74) is 0. The van der Waals surface area contributed by atoms with E-state index in [0.717, 1.165) is 83.5 Å². The second-order valence-corrected chi connectivity index (χ2v) is 19.9. The van der Waals surface area contributed by atoms with E-state index in [0.29, 0.717) is 24.1 Å². The number of likely N-dealkylation sites (N-methyl/N-ethyl adjacent to an activating group) is 1. The molecule has 376 valence electrons. The van der Waals surface area contributed by atoms with Gasteiger partial charge in [-0.15, -0.1) is 0 Å². The van der Waals surface area contributed by atoms with Gasteiger partial charge < -0.3 is 27.9 Å². The van der Waals surface area contributed by atoms with Crippen molar-refractivity contribution >= 4 is 13.8 Å². The van der Waals surface area contributed by atoms with Crippen molar-refractivity contribution in [1.29, 1.82) is 0 Å². The van der Waals surface area contributed by atoms with Crippen molar-refractivity contribution in [3.05, 3.63) is 85.1 Å². The molecule has 0 amide bonds. The predicted molar refractivity (Wildman–Crippen MR) is 277 cm³/mol. The number of nitrogens with zero attached hydrogens (tertiary/aromatic N) is 1. The first-order valence-corrected chi connectivity index (χ1v) is 27.8. The average Bonchev–Trinajstić information content (AvgIpc) is 3.27. The molecular formula is C56H100NO7P. The minimum absolute atomic E-state index is 0.0148. The molecule has 0 spiro atoms. The first kappa shape index (κ1) is 62.7. The second-order valence-electron chi connectivity index (χ2n) is 18.5. The maximum Gasteiger partial charge on any atom is 0.306 e. The SMILES string of the molecule is CC/C=C\C/C=C\C/C=C\C/C=C\C/C=C\C/C=C\CCCCCOCC(COP(=O)([O-])OCC[N+](C)(C)C)OC(=O)CCCCCCCCCCC/C=C\CCCCCCCCCC. The first-order valence-electron chi connectivity index (χ1n) is 26.3. The van der Waals surface area contributed by atoms with Crippen LogP contribution in [0.15, 0.2) is 85.1 Å². The predicted octanol–water partition coefficient (Wildman–Crippen LogP) is 15.8. The van der Waals surface area contributed by atoms with E-state index in [-0.39, 0.29) is 25.8 Å². The van der Waals surface area contributed by atoms with Crippen molar-refractivity contribution in [2.24, 2.45) is 0 Å². The van der Waals surface area contributed by atoms with E-state index in [9.17, 15) is 14.3 Å². The van der Waals surface area contributed by atoms with Crippen LogP contribution in [0.25, 0.3) is 0 Å². The Bertz CT molecular complexity index is 1310. The summed E-state index contributed by atoms with van der Waals surface area (Å²) in [5, 5.41) is 0. The van der Waals surface area contributed by atoms with Crippen molar-refractivity contribution in [1.82, 2.24) is 0 Å². The smallest absolute Gasteiger partial charge is 0.306 e. The van der Waals surface area contributed by atoms with Crippen LogP contribution in [0.1, 0.15) is 206 Å². The zero-order valence-corrected chi connectivity index (χ0v) is 43.6. The maximum atomic E-state index is 12.8. The lowest BCUT2D eigenvalue weighted by atomic mass is 10.1. The standard InChI is InChI=1S/C56H100NO7P/c1-6-8-10-12-14-16-18-20-22-24-26-28-30-32-34-36-38-40-42-44-46-48-51-61-53-55(54-63-65(59,60)62-52-50-57(3,4)5)64-56(58)49-47-45-43-41-39-37-35-33-31-29-27-25-23-21-19-17-15-13-11-9-7-2/h8,10,14,16,20,22,25-28,32,34,38,40,55H,6-7,9,11-13,15,17-19,21,23-24,29-31,33,35-37,39,41-54H2,1-5H3/b10-8-,16-14-,22-20-,27-25-,28-26-,34-32-,40-38-. The molecule has 9 heteroatoms. The zero-order valence-electron chi connectivity index (χ0n) is 42.7. The van der Waals surface area contributed by atoms with Gasteiger partial charge in [-0.3, -0.25) is 9.36 Å². The van der Waals surface area contributed by atoms with Crippen LogP contribution in [0.4, 0.5) is 0 Å². The first-order chi connectivity index (χ1) is 31.6. The molecule has 0 aromatic heterocycles. The van der Waals surface area contributed by atoms with Gasteiger partial charge in [0.25, 0.3) is 7.82 Å². The lowest BCUT2D eigenvalue weighted by Gasteiger charge is -2.28. The number of allylic oxidation sites excluding steroid dienone is 14. The molecule has 2 atom stereocenters. The highest BCUT2D eigenvalue weighted by Gasteiger charge is 2.20. The average molecular weight is 930 g/mol. The van der Waals surface area contributed by atoms with Crippen LogP contribution in [0, 0.1) is 0 Å². The molecule has 0 fully saturated rings. The number of quaternary nitrogens is 1. The molecule has 0 saturated carbocycles. The van der Waals surface area contributed by atoms with Crippen LogP contribution in [-0.4, -0.2) is 70.7 Å². The molecule has 0 aliphatic carbocycles. The third kappa shape index (κ3) is 52.5. The number of esters is 1. The fourth-order valence-corrected chi connectivity index (χ4v) is 7.63. The van der Waals surface area contributed by atoms with Crippen molar-refractivity contribution in [2.45, 2.75) is 213 Å². The number of carbonyl (C=O) groups is 1. The molecule has 0 aromatic carbocycles. The Balaban J connectivity index is 4.23. The van der Waals surface area contributed by atoms with Crippen LogP contribution in [-0.2, 0) is 27.9 Å². The van der Waals surface area contributed by atoms with Gasteiger partial charge in [0.1, 0.15) is 19.3 Å². The van der Waals surface area contributed by atoms with Crippen LogP contribution >= 0.6 is 7.82 Å². The van der Waals surface area contributed by atoms with Gasteiger partial charge in [0.05, 0.1) is 34.4 Å². The van der Waals surface area contributed by atoms with Gasteiger partial charge in [0, 0.05) is 13.0 Å². The minimum atomic E-state index is -4.55. The summed E-state index contributed by atoms with van der Waals surface area (Å²) < 4.78 is 34.7. The molecule has 0 saturated heterocycles. The quantitative estimate of drug-likeness (QED) is 0.0197. The van der Waals surface area contributed by atoms with E-state index in [1.165, 1.54) is 103 Å². The molecule has 0 bridgehead atoms. The van der Waals surface area contributed by atoms with E-state index in [1.54, 1.807) is 0 Å². The van der Waals surface area contributed by atoms with E-state index < -0.39 is 13.9 Å². The molecule has 0 heterocycles. The Morgan fingerprint density at radius 1 is 0.492 bits per heavy atom. The molecular weight excluding hydrogens is 830 g/mol. The number of carbonyl (C=O) groups excluding carboxylic acids is 1. The molecule has 0 rings (SSSR count).